The van der Waals surface area contributed by atoms with Gasteiger partial charge in [0.25, 0.3) is 5.91 Å². The maximum atomic E-state index is 12.3. The van der Waals surface area contributed by atoms with Crippen molar-refractivity contribution in [2.75, 3.05) is 13.2 Å². The molecule has 0 aromatic heterocycles. The summed E-state index contributed by atoms with van der Waals surface area (Å²) in [6.45, 7) is 3.62. The minimum absolute atomic E-state index is 0.00107. The van der Waals surface area contributed by atoms with Crippen LogP contribution in [0.1, 0.15) is 66.4 Å². The SMILES string of the molecule is Cc1ccc(C)c(C(=O)CCC(=O)OCC(=O)NC(=O)NCCC2=CCCCC2)c1. The second-order valence-electron chi connectivity index (χ2n) is 7.56. The number of Topliss-reactive ketones (excluding diaryl/α,β-unsaturated/α-hetero) is 1. The van der Waals surface area contributed by atoms with E-state index in [9.17, 15) is 19.2 Å². The van der Waals surface area contributed by atoms with E-state index in [1.54, 1.807) is 6.07 Å². The molecule has 7 heteroatoms. The Labute approximate surface area is 177 Å². The zero-order valence-electron chi connectivity index (χ0n) is 17.7. The molecule has 1 aromatic carbocycles. The molecule has 0 saturated heterocycles. The van der Waals surface area contributed by atoms with Crippen molar-refractivity contribution in [3.8, 4) is 0 Å². The van der Waals surface area contributed by atoms with Crippen LogP contribution in [0.4, 0.5) is 4.79 Å². The predicted octanol–water partition coefficient (Wildman–Crippen LogP) is 3.53. The van der Waals surface area contributed by atoms with Crippen molar-refractivity contribution in [3.63, 3.8) is 0 Å². The molecule has 1 aliphatic rings. The number of hydrogen-bond acceptors (Lipinski definition) is 5. The van der Waals surface area contributed by atoms with Gasteiger partial charge in [-0.3, -0.25) is 19.7 Å². The summed E-state index contributed by atoms with van der Waals surface area (Å²) >= 11 is 0. The molecular weight excluding hydrogens is 384 g/mol. The third kappa shape index (κ3) is 8.19. The summed E-state index contributed by atoms with van der Waals surface area (Å²) in [6.07, 6.45) is 7.39. The maximum Gasteiger partial charge on any atom is 0.321 e. The average Bonchev–Trinajstić information content (AvgIpc) is 2.73. The fraction of sp³-hybridized carbons (Fsp3) is 0.478. The van der Waals surface area contributed by atoms with Gasteiger partial charge in [0.15, 0.2) is 12.4 Å². The van der Waals surface area contributed by atoms with E-state index in [4.69, 9.17) is 4.74 Å². The third-order valence-electron chi connectivity index (χ3n) is 4.98. The normalized spacial score (nSPS) is 13.2. The lowest BCUT2D eigenvalue weighted by Crippen LogP contribution is -2.41. The largest absolute Gasteiger partial charge is 0.456 e. The lowest BCUT2D eigenvalue weighted by Gasteiger charge is -2.13. The number of ether oxygens (including phenoxy) is 1. The molecule has 0 atom stereocenters. The first kappa shape index (κ1) is 23.3. The quantitative estimate of drug-likeness (QED) is 0.366. The second kappa shape index (κ2) is 11.9. The highest BCUT2D eigenvalue weighted by Crippen LogP contribution is 2.19. The van der Waals surface area contributed by atoms with Crippen LogP contribution in [0.25, 0.3) is 0 Å². The topological polar surface area (TPSA) is 102 Å². The number of nitrogens with one attached hydrogen (secondary N) is 2. The van der Waals surface area contributed by atoms with Crippen LogP contribution < -0.4 is 10.6 Å². The van der Waals surface area contributed by atoms with Gasteiger partial charge in [0.1, 0.15) is 0 Å². The lowest BCUT2D eigenvalue weighted by atomic mass is 9.97. The van der Waals surface area contributed by atoms with E-state index >= 15 is 0 Å². The van der Waals surface area contributed by atoms with Crippen molar-refractivity contribution in [2.24, 2.45) is 0 Å². The van der Waals surface area contributed by atoms with Crippen LogP contribution in [0.15, 0.2) is 29.8 Å². The average molecular weight is 415 g/mol. The summed E-state index contributed by atoms with van der Waals surface area (Å²) in [6, 6.07) is 4.96. The van der Waals surface area contributed by atoms with Crippen LogP contribution >= 0.6 is 0 Å². The predicted molar refractivity (Wildman–Crippen MR) is 113 cm³/mol. The van der Waals surface area contributed by atoms with Crippen molar-refractivity contribution in [2.45, 2.75) is 58.8 Å². The molecule has 0 radical (unpaired) electrons. The third-order valence-corrected chi connectivity index (χ3v) is 4.98. The van der Waals surface area contributed by atoms with Gasteiger partial charge in [-0.2, -0.15) is 0 Å². The Bertz CT molecular complexity index is 829. The molecule has 2 rings (SSSR count). The van der Waals surface area contributed by atoms with Gasteiger partial charge in [0, 0.05) is 18.5 Å². The van der Waals surface area contributed by atoms with Crippen molar-refractivity contribution in [1.82, 2.24) is 10.6 Å². The van der Waals surface area contributed by atoms with Gasteiger partial charge in [-0.15, -0.1) is 0 Å². The van der Waals surface area contributed by atoms with Crippen LogP contribution in [-0.2, 0) is 14.3 Å². The Hall–Kier alpha value is -2.96. The summed E-state index contributed by atoms with van der Waals surface area (Å²) in [7, 11) is 0. The number of hydrogen-bond donors (Lipinski definition) is 2. The fourth-order valence-corrected chi connectivity index (χ4v) is 3.28. The Kier molecular flexibility index (Phi) is 9.25. The molecule has 7 nitrogen and oxygen atoms in total. The van der Waals surface area contributed by atoms with E-state index in [1.807, 2.05) is 26.0 Å². The lowest BCUT2D eigenvalue weighted by molar-refractivity contribution is -0.148. The number of urea groups is 1. The summed E-state index contributed by atoms with van der Waals surface area (Å²) in [5.41, 5.74) is 3.74. The Morgan fingerprint density at radius 3 is 2.60 bits per heavy atom. The first-order chi connectivity index (χ1) is 14.3. The monoisotopic (exact) mass is 414 g/mol. The Balaban J connectivity index is 1.62. The van der Waals surface area contributed by atoms with E-state index in [0.717, 1.165) is 30.4 Å². The molecule has 1 aliphatic carbocycles. The number of esters is 1. The van der Waals surface area contributed by atoms with Gasteiger partial charge >= 0.3 is 12.0 Å². The fourth-order valence-electron chi connectivity index (χ4n) is 3.28. The van der Waals surface area contributed by atoms with E-state index in [1.165, 1.54) is 18.4 Å². The number of allylic oxidation sites excluding steroid dienone is 1. The first-order valence-electron chi connectivity index (χ1n) is 10.4. The van der Waals surface area contributed by atoms with Crippen molar-refractivity contribution in [1.29, 1.82) is 0 Å². The smallest absolute Gasteiger partial charge is 0.321 e. The van der Waals surface area contributed by atoms with Crippen LogP contribution in [-0.4, -0.2) is 36.8 Å². The molecule has 3 amide bonds. The molecule has 0 fully saturated rings. The molecule has 0 heterocycles. The van der Waals surface area contributed by atoms with Crippen molar-refractivity contribution >= 4 is 23.7 Å². The number of rotatable bonds is 9. The van der Waals surface area contributed by atoms with Gasteiger partial charge in [-0.25, -0.2) is 4.79 Å². The van der Waals surface area contributed by atoms with E-state index in [-0.39, 0.29) is 18.6 Å². The molecule has 162 valence electrons. The minimum atomic E-state index is -0.710. The van der Waals surface area contributed by atoms with Gasteiger partial charge in [0.2, 0.25) is 0 Å². The standard InChI is InChI=1S/C23H30N2O5/c1-16-8-9-17(2)19(14-16)20(26)10-11-22(28)30-15-21(27)25-23(29)24-13-12-18-6-4-3-5-7-18/h6,8-9,14H,3-5,7,10-13,15H2,1-2H3,(H2,24,25,27,29). The summed E-state index contributed by atoms with van der Waals surface area (Å²) < 4.78 is 4.85. The Morgan fingerprint density at radius 2 is 1.87 bits per heavy atom. The number of aryl methyl sites for hydroxylation is 2. The Morgan fingerprint density at radius 1 is 1.07 bits per heavy atom. The highest BCUT2D eigenvalue weighted by molar-refractivity contribution is 5.99. The number of ketones is 1. The summed E-state index contributed by atoms with van der Waals surface area (Å²) in [5.74, 6) is -1.52. The first-order valence-corrected chi connectivity index (χ1v) is 10.4. The number of carbonyl (C=O) groups is 4. The number of amides is 3. The number of imide groups is 1. The molecule has 0 saturated carbocycles. The van der Waals surface area contributed by atoms with Crippen LogP contribution in [0, 0.1) is 13.8 Å². The van der Waals surface area contributed by atoms with E-state index in [0.29, 0.717) is 12.1 Å². The van der Waals surface area contributed by atoms with Gasteiger partial charge < -0.3 is 10.1 Å². The van der Waals surface area contributed by atoms with E-state index < -0.39 is 24.5 Å². The summed E-state index contributed by atoms with van der Waals surface area (Å²) in [4.78, 5) is 47.5. The van der Waals surface area contributed by atoms with Crippen molar-refractivity contribution < 1.29 is 23.9 Å². The number of benzene rings is 1. The second-order valence-corrected chi connectivity index (χ2v) is 7.56. The van der Waals surface area contributed by atoms with Gasteiger partial charge in [0.05, 0.1) is 6.42 Å². The molecule has 0 aliphatic heterocycles. The number of carbonyl (C=O) groups excluding carboxylic acids is 4. The van der Waals surface area contributed by atoms with Crippen LogP contribution in [0.2, 0.25) is 0 Å². The molecule has 0 spiro atoms. The molecule has 1 aromatic rings. The summed E-state index contributed by atoms with van der Waals surface area (Å²) in [5, 5.41) is 4.74. The van der Waals surface area contributed by atoms with Crippen LogP contribution in [0.5, 0.6) is 0 Å². The zero-order chi connectivity index (χ0) is 21.9. The van der Waals surface area contributed by atoms with Gasteiger partial charge in [-0.1, -0.05) is 29.3 Å². The molecule has 30 heavy (non-hydrogen) atoms. The van der Waals surface area contributed by atoms with E-state index in [2.05, 4.69) is 16.7 Å². The maximum absolute atomic E-state index is 12.3. The van der Waals surface area contributed by atoms with Crippen LogP contribution in [0.3, 0.4) is 0 Å². The van der Waals surface area contributed by atoms with Crippen molar-refractivity contribution in [3.05, 3.63) is 46.5 Å². The van der Waals surface area contributed by atoms with Gasteiger partial charge in [-0.05, 0) is 57.6 Å². The molecule has 2 N–H and O–H groups in total. The zero-order valence-corrected chi connectivity index (χ0v) is 17.7. The molecular formula is C23H30N2O5. The minimum Gasteiger partial charge on any atom is -0.456 e. The highest BCUT2D eigenvalue weighted by Gasteiger charge is 2.15. The molecule has 0 unspecified atom stereocenters. The highest BCUT2D eigenvalue weighted by atomic mass is 16.5. The molecule has 0 bridgehead atoms.